The molecule has 5 nitrogen and oxygen atoms in total. The molecule has 0 unspecified atom stereocenters. The fraction of sp³-hybridized carbons (Fsp3) is 0.400. The van der Waals surface area contributed by atoms with Gasteiger partial charge in [-0.2, -0.15) is 18.3 Å². The maximum atomic E-state index is 14.2. The van der Waals surface area contributed by atoms with Gasteiger partial charge < -0.3 is 10.3 Å². The summed E-state index contributed by atoms with van der Waals surface area (Å²) in [6.45, 7) is 1.75. The first-order valence-electron chi connectivity index (χ1n) is 9.32. The number of rotatable bonds is 4. The Labute approximate surface area is 163 Å². The first kappa shape index (κ1) is 19.6. The number of nitrogens with zero attached hydrogens (tertiary/aromatic N) is 3. The minimum absolute atomic E-state index is 0.176. The van der Waals surface area contributed by atoms with Gasteiger partial charge in [0, 0.05) is 24.7 Å². The van der Waals surface area contributed by atoms with Gasteiger partial charge in [-0.05, 0) is 43.0 Å². The monoisotopic (exact) mass is 408 g/mol. The van der Waals surface area contributed by atoms with Crippen LogP contribution in [0.3, 0.4) is 0 Å². The normalized spacial score (nSPS) is 16.9. The van der Waals surface area contributed by atoms with Gasteiger partial charge in [0.1, 0.15) is 5.82 Å². The lowest BCUT2D eigenvalue weighted by atomic mass is 9.83. The quantitative estimate of drug-likeness (QED) is 0.667. The van der Waals surface area contributed by atoms with Gasteiger partial charge in [-0.1, -0.05) is 13.0 Å². The van der Waals surface area contributed by atoms with Crippen LogP contribution in [0.1, 0.15) is 49.0 Å². The molecule has 2 heterocycles. The Morgan fingerprint density at radius 3 is 2.48 bits per heavy atom. The number of halogens is 4. The highest BCUT2D eigenvalue weighted by Gasteiger charge is 2.38. The van der Waals surface area contributed by atoms with Crippen LogP contribution in [0, 0.1) is 5.82 Å². The molecule has 1 aliphatic rings. The molecule has 0 radical (unpaired) electrons. The molecule has 4 rings (SSSR count). The van der Waals surface area contributed by atoms with Gasteiger partial charge in [-0.3, -0.25) is 9.48 Å². The lowest BCUT2D eigenvalue weighted by Gasteiger charge is -2.30. The van der Waals surface area contributed by atoms with Crippen LogP contribution in [-0.4, -0.2) is 14.3 Å². The minimum Gasteiger partial charge on any atom is -0.316 e. The van der Waals surface area contributed by atoms with Crippen molar-refractivity contribution in [3.8, 4) is 0 Å². The first-order chi connectivity index (χ1) is 13.6. The van der Waals surface area contributed by atoms with Crippen LogP contribution in [0.15, 0.2) is 35.3 Å². The van der Waals surface area contributed by atoms with E-state index in [1.54, 1.807) is 30.8 Å². The van der Waals surface area contributed by atoms with Crippen LogP contribution in [0.25, 0.3) is 10.9 Å². The van der Waals surface area contributed by atoms with Crippen molar-refractivity contribution in [2.45, 2.75) is 43.9 Å². The summed E-state index contributed by atoms with van der Waals surface area (Å²) in [4.78, 5) is 12.8. The summed E-state index contributed by atoms with van der Waals surface area (Å²) in [5.41, 5.74) is 4.60. The fourth-order valence-electron chi connectivity index (χ4n) is 3.90. The molecule has 1 atom stereocenters. The lowest BCUT2D eigenvalue weighted by molar-refractivity contribution is -0.140. The van der Waals surface area contributed by atoms with Gasteiger partial charge in [0.2, 0.25) is 0 Å². The predicted octanol–water partition coefficient (Wildman–Crippen LogP) is 3.84. The number of aryl methyl sites for hydroxylation is 1. The average Bonchev–Trinajstić information content (AvgIpc) is 3.42. The third kappa shape index (κ3) is 3.04. The maximum absolute atomic E-state index is 14.2. The van der Waals surface area contributed by atoms with Gasteiger partial charge in [0.05, 0.1) is 16.8 Å². The Hall–Kier alpha value is -2.68. The summed E-state index contributed by atoms with van der Waals surface area (Å²) >= 11 is 0. The van der Waals surface area contributed by atoms with Crippen molar-refractivity contribution in [2.24, 2.45) is 12.8 Å². The molecule has 0 spiro atoms. The summed E-state index contributed by atoms with van der Waals surface area (Å²) in [5, 5.41) is 4.84. The van der Waals surface area contributed by atoms with Crippen molar-refractivity contribution < 1.29 is 17.6 Å². The van der Waals surface area contributed by atoms with Crippen LogP contribution in [-0.2, 0) is 18.8 Å². The fourth-order valence-corrected chi connectivity index (χ4v) is 3.90. The van der Waals surface area contributed by atoms with Crippen molar-refractivity contribution in [3.63, 3.8) is 0 Å². The number of hydrogen-bond donors (Lipinski definition) is 1. The number of hydrogen-bond acceptors (Lipinski definition) is 3. The average molecular weight is 408 g/mol. The molecule has 1 saturated carbocycles. The largest absolute Gasteiger partial charge is 0.419 e. The zero-order valence-corrected chi connectivity index (χ0v) is 15.9. The topological polar surface area (TPSA) is 65.8 Å². The number of pyridine rings is 1. The molecule has 0 saturated heterocycles. The minimum atomic E-state index is -4.79. The van der Waals surface area contributed by atoms with E-state index in [4.69, 9.17) is 5.73 Å². The second-order valence-corrected chi connectivity index (χ2v) is 7.51. The summed E-state index contributed by atoms with van der Waals surface area (Å²) in [5.74, 6) is -1.39. The van der Waals surface area contributed by atoms with Crippen LogP contribution >= 0.6 is 0 Å². The highest BCUT2D eigenvalue weighted by atomic mass is 19.4. The summed E-state index contributed by atoms with van der Waals surface area (Å²) in [6.07, 6.45) is -0.967. The third-order valence-electron chi connectivity index (χ3n) is 5.63. The van der Waals surface area contributed by atoms with Crippen molar-refractivity contribution >= 4 is 10.9 Å². The standard InChI is InChI=1S/C20H20F4N4O/c1-3-19(25,11-4-7-14(15(21)10-11)20(22,23)24)17-13-8-9-28(12-5-6-12)18(29)16(13)26-27(17)2/h4,7-10,12H,3,5-6,25H2,1-2H3/t19-/m1/s1. The van der Waals surface area contributed by atoms with Crippen molar-refractivity contribution in [1.29, 1.82) is 0 Å². The number of benzene rings is 1. The van der Waals surface area contributed by atoms with Crippen molar-refractivity contribution in [3.05, 3.63) is 63.5 Å². The number of aromatic nitrogens is 3. The summed E-state index contributed by atoms with van der Waals surface area (Å²) < 4.78 is 56.1. The van der Waals surface area contributed by atoms with Gasteiger partial charge in [0.25, 0.3) is 5.56 Å². The zero-order chi connectivity index (χ0) is 21.1. The Balaban J connectivity index is 1.90. The number of alkyl halides is 3. The molecule has 1 aromatic carbocycles. The van der Waals surface area contributed by atoms with E-state index in [1.165, 1.54) is 10.7 Å². The molecule has 2 aromatic heterocycles. The molecular formula is C20H20F4N4O. The summed E-state index contributed by atoms with van der Waals surface area (Å²) in [7, 11) is 1.62. The Morgan fingerprint density at radius 2 is 1.93 bits per heavy atom. The molecule has 0 aliphatic heterocycles. The van der Waals surface area contributed by atoms with E-state index >= 15 is 0 Å². The van der Waals surface area contributed by atoms with E-state index in [0.717, 1.165) is 18.9 Å². The zero-order valence-electron chi connectivity index (χ0n) is 15.9. The lowest BCUT2D eigenvalue weighted by Crippen LogP contribution is -2.39. The van der Waals surface area contributed by atoms with Crippen LogP contribution < -0.4 is 11.3 Å². The van der Waals surface area contributed by atoms with Crippen molar-refractivity contribution in [1.82, 2.24) is 14.3 Å². The van der Waals surface area contributed by atoms with Gasteiger partial charge in [-0.15, -0.1) is 0 Å². The van der Waals surface area contributed by atoms with E-state index in [1.807, 2.05) is 0 Å². The summed E-state index contributed by atoms with van der Waals surface area (Å²) in [6, 6.07) is 4.61. The van der Waals surface area contributed by atoms with Gasteiger partial charge in [0.15, 0.2) is 5.52 Å². The highest BCUT2D eigenvalue weighted by molar-refractivity contribution is 5.82. The van der Waals surface area contributed by atoms with E-state index in [-0.39, 0.29) is 29.1 Å². The molecular weight excluding hydrogens is 388 g/mol. The predicted molar refractivity (Wildman–Crippen MR) is 99.9 cm³/mol. The molecule has 3 aromatic rings. The molecule has 1 fully saturated rings. The van der Waals surface area contributed by atoms with Crippen LogP contribution in [0.2, 0.25) is 0 Å². The molecule has 154 valence electrons. The van der Waals surface area contributed by atoms with Gasteiger partial charge in [-0.25, -0.2) is 4.39 Å². The second kappa shape index (κ2) is 6.41. The molecule has 9 heteroatoms. The second-order valence-electron chi connectivity index (χ2n) is 7.51. The molecule has 0 bridgehead atoms. The van der Waals surface area contributed by atoms with Crippen LogP contribution in [0.4, 0.5) is 17.6 Å². The maximum Gasteiger partial charge on any atom is 0.419 e. The molecule has 1 aliphatic carbocycles. The number of fused-ring (bicyclic) bond motifs is 1. The highest BCUT2D eigenvalue weighted by Crippen LogP contribution is 2.38. The van der Waals surface area contributed by atoms with Crippen molar-refractivity contribution in [2.75, 3.05) is 0 Å². The van der Waals surface area contributed by atoms with E-state index < -0.39 is 23.1 Å². The Bertz CT molecular complexity index is 1160. The van der Waals surface area contributed by atoms with E-state index in [0.29, 0.717) is 17.1 Å². The SMILES string of the molecule is CC[C@@](N)(c1ccc(C(F)(F)F)c(F)c1)c1c2ccn(C3CC3)c(=O)c2nn1C. The molecule has 2 N–H and O–H groups in total. The first-order valence-corrected chi connectivity index (χ1v) is 9.32. The Kier molecular flexibility index (Phi) is 4.34. The molecule has 29 heavy (non-hydrogen) atoms. The molecule has 0 amide bonds. The van der Waals surface area contributed by atoms with E-state index in [9.17, 15) is 22.4 Å². The van der Waals surface area contributed by atoms with E-state index in [2.05, 4.69) is 5.10 Å². The van der Waals surface area contributed by atoms with Crippen LogP contribution in [0.5, 0.6) is 0 Å². The smallest absolute Gasteiger partial charge is 0.316 e. The number of nitrogens with two attached hydrogens (primary N) is 1. The third-order valence-corrected chi connectivity index (χ3v) is 5.63. The van der Waals surface area contributed by atoms with Gasteiger partial charge >= 0.3 is 6.18 Å². The Morgan fingerprint density at radius 1 is 1.24 bits per heavy atom.